The Kier molecular flexibility index (Phi) is 5.85. The number of hydrogen-bond acceptors (Lipinski definition) is 0. The molecular weight excluding hydrogens is 697 g/mol. The molecule has 58 heavy (non-hydrogen) atoms. The van der Waals surface area contributed by atoms with E-state index in [0.29, 0.717) is 0 Å². The van der Waals surface area contributed by atoms with Crippen molar-refractivity contribution in [3.8, 4) is 66.8 Å². The molecule has 264 valence electrons. The smallest absolute Gasteiger partial charge is 0.00139 e. The van der Waals surface area contributed by atoms with Crippen LogP contribution < -0.4 is 0 Å². The van der Waals surface area contributed by atoms with Crippen LogP contribution in [0.5, 0.6) is 0 Å². The van der Waals surface area contributed by atoms with Crippen molar-refractivity contribution in [1.29, 1.82) is 0 Å². The van der Waals surface area contributed by atoms with Gasteiger partial charge in [0.15, 0.2) is 0 Å². The van der Waals surface area contributed by atoms with E-state index in [0.717, 1.165) is 0 Å². The maximum Gasteiger partial charge on any atom is -0.00139 e. The van der Waals surface area contributed by atoms with Crippen LogP contribution >= 0.6 is 0 Å². The standard InChI is InChI=1S/C58H32/c1-3-13-39-37(11-1)45-21-9-19-43-35(27-29-49(39)55(43)45)33-23-25-51-53(31-33)41-15-5-7-17-47(41)58-52-26-24-34(32-54(52)42-16-6-8-18-48(42)57(51)58)36-28-30-50-40-14-4-2-12-38(40)46-22-10-20-44(36)56(46)50/h1-32H. The Morgan fingerprint density at radius 3 is 0.897 bits per heavy atom. The van der Waals surface area contributed by atoms with Gasteiger partial charge in [0.2, 0.25) is 0 Å². The van der Waals surface area contributed by atoms with Crippen LogP contribution in [-0.2, 0) is 0 Å². The highest BCUT2D eigenvalue weighted by atomic mass is 14.3. The summed E-state index contributed by atoms with van der Waals surface area (Å²) in [5, 5.41) is 18.4. The second-order valence-corrected chi connectivity index (χ2v) is 16.2. The van der Waals surface area contributed by atoms with E-state index in [1.807, 2.05) is 0 Å². The van der Waals surface area contributed by atoms with Crippen LogP contribution in [0.3, 0.4) is 0 Å². The quantitative estimate of drug-likeness (QED) is 0.156. The molecule has 0 heterocycles. The van der Waals surface area contributed by atoms with Crippen molar-refractivity contribution < 1.29 is 0 Å². The number of benzene rings is 12. The Hall–Kier alpha value is -7.54. The average molecular weight is 729 g/mol. The molecule has 2 aliphatic rings. The molecule has 0 amide bonds. The van der Waals surface area contributed by atoms with Gasteiger partial charge in [-0.3, -0.25) is 0 Å². The lowest BCUT2D eigenvalue weighted by Gasteiger charge is -2.18. The molecule has 14 rings (SSSR count). The van der Waals surface area contributed by atoms with Crippen molar-refractivity contribution in [3.63, 3.8) is 0 Å². The molecule has 0 aliphatic heterocycles. The van der Waals surface area contributed by atoms with Crippen LogP contribution in [0.4, 0.5) is 0 Å². The lowest BCUT2D eigenvalue weighted by Crippen LogP contribution is -1.90. The number of fused-ring (bicyclic) bond motifs is 17. The molecule has 0 unspecified atom stereocenters. The first-order valence-electron chi connectivity index (χ1n) is 20.3. The van der Waals surface area contributed by atoms with Crippen molar-refractivity contribution in [3.05, 3.63) is 194 Å². The van der Waals surface area contributed by atoms with Gasteiger partial charge in [0, 0.05) is 0 Å². The first kappa shape index (κ1) is 30.7. The highest BCUT2D eigenvalue weighted by Gasteiger charge is 2.25. The van der Waals surface area contributed by atoms with Crippen molar-refractivity contribution in [1.82, 2.24) is 0 Å². The molecule has 0 atom stereocenters. The highest BCUT2D eigenvalue weighted by molar-refractivity contribution is 6.40. The van der Waals surface area contributed by atoms with Gasteiger partial charge in [-0.25, -0.2) is 0 Å². The van der Waals surface area contributed by atoms with Crippen LogP contribution in [0.1, 0.15) is 0 Å². The largest absolute Gasteiger partial charge is 0.0616 e. The Morgan fingerprint density at radius 1 is 0.155 bits per heavy atom. The zero-order valence-corrected chi connectivity index (χ0v) is 31.5. The van der Waals surface area contributed by atoms with Gasteiger partial charge in [-0.05, 0) is 154 Å². The molecule has 0 saturated heterocycles. The normalized spacial score (nSPS) is 12.5. The fourth-order valence-corrected chi connectivity index (χ4v) is 11.1. The molecule has 0 N–H and O–H groups in total. The molecule has 0 spiro atoms. The highest BCUT2D eigenvalue weighted by Crippen LogP contribution is 2.52. The Labute approximate surface area is 334 Å². The monoisotopic (exact) mass is 728 g/mol. The van der Waals surface area contributed by atoms with Crippen molar-refractivity contribution in [2.75, 3.05) is 0 Å². The molecule has 0 bridgehead atoms. The second kappa shape index (κ2) is 11.1. The van der Waals surface area contributed by atoms with Crippen LogP contribution in [0.2, 0.25) is 0 Å². The van der Waals surface area contributed by atoms with E-state index in [-0.39, 0.29) is 0 Å². The van der Waals surface area contributed by atoms with Gasteiger partial charge in [0.1, 0.15) is 0 Å². The Balaban J connectivity index is 1.03. The topological polar surface area (TPSA) is 0 Å². The molecule has 12 aromatic carbocycles. The summed E-state index contributed by atoms with van der Waals surface area (Å²) >= 11 is 0. The van der Waals surface area contributed by atoms with Crippen LogP contribution in [0, 0.1) is 0 Å². The van der Waals surface area contributed by atoms with Crippen LogP contribution in [0.25, 0.3) is 142 Å². The zero-order valence-electron chi connectivity index (χ0n) is 31.5. The molecule has 0 fully saturated rings. The summed E-state index contributed by atoms with van der Waals surface area (Å²) in [6, 6.07) is 73.2. The molecule has 0 heteroatoms. The summed E-state index contributed by atoms with van der Waals surface area (Å²) < 4.78 is 0. The van der Waals surface area contributed by atoms with Gasteiger partial charge in [0.25, 0.3) is 0 Å². The third kappa shape index (κ3) is 3.85. The molecule has 0 radical (unpaired) electrons. The van der Waals surface area contributed by atoms with Crippen LogP contribution in [0.15, 0.2) is 194 Å². The summed E-state index contributed by atoms with van der Waals surface area (Å²) in [6.07, 6.45) is 0. The first-order valence-corrected chi connectivity index (χ1v) is 20.3. The minimum atomic E-state index is 1.25. The molecule has 0 nitrogen and oxygen atoms in total. The van der Waals surface area contributed by atoms with Crippen LogP contribution in [-0.4, -0.2) is 0 Å². The van der Waals surface area contributed by atoms with Gasteiger partial charge < -0.3 is 0 Å². The van der Waals surface area contributed by atoms with E-state index in [4.69, 9.17) is 0 Å². The lowest BCUT2D eigenvalue weighted by molar-refractivity contribution is 1.69. The van der Waals surface area contributed by atoms with E-state index < -0.39 is 0 Å². The first-order chi connectivity index (χ1) is 28.8. The van der Waals surface area contributed by atoms with E-state index in [2.05, 4.69) is 194 Å². The third-order valence-electron chi connectivity index (χ3n) is 13.5. The molecule has 0 aromatic heterocycles. The van der Waals surface area contributed by atoms with Gasteiger partial charge in [-0.2, -0.15) is 0 Å². The summed E-state index contributed by atoms with van der Waals surface area (Å²) in [6.45, 7) is 0. The molecular formula is C58H32. The van der Waals surface area contributed by atoms with Crippen molar-refractivity contribution >= 4 is 75.4 Å². The van der Waals surface area contributed by atoms with Crippen molar-refractivity contribution in [2.45, 2.75) is 0 Å². The van der Waals surface area contributed by atoms with E-state index >= 15 is 0 Å². The second-order valence-electron chi connectivity index (χ2n) is 16.2. The maximum atomic E-state index is 2.46. The minimum absolute atomic E-state index is 1.25. The predicted molar refractivity (Wildman–Crippen MR) is 249 cm³/mol. The summed E-state index contributed by atoms with van der Waals surface area (Å²) in [7, 11) is 0. The fourth-order valence-electron chi connectivity index (χ4n) is 11.1. The number of hydrogen-bond donors (Lipinski definition) is 0. The molecule has 0 saturated carbocycles. The maximum absolute atomic E-state index is 2.46. The van der Waals surface area contributed by atoms with E-state index in [1.54, 1.807) is 0 Å². The van der Waals surface area contributed by atoms with E-state index in [1.165, 1.54) is 142 Å². The Bertz CT molecular complexity index is 3530. The Morgan fingerprint density at radius 2 is 0.466 bits per heavy atom. The van der Waals surface area contributed by atoms with Gasteiger partial charge in [-0.15, -0.1) is 0 Å². The summed E-state index contributed by atoms with van der Waals surface area (Å²) in [5.74, 6) is 0. The average Bonchev–Trinajstić information content (AvgIpc) is 3.80. The SMILES string of the molecule is c1ccc2c(c1)-c1cccc3c(-c4ccc5c(c4)c4ccccc4c4c6ccc(-c7ccc8c9c(cccc79)-c7ccccc7-8)cc6c6ccccc6c54)ccc-2c13. The van der Waals surface area contributed by atoms with Gasteiger partial charge in [0.05, 0.1) is 0 Å². The molecule has 12 aromatic rings. The number of rotatable bonds is 2. The fraction of sp³-hybridized carbons (Fsp3) is 0. The summed E-state index contributed by atoms with van der Waals surface area (Å²) in [4.78, 5) is 0. The third-order valence-corrected chi connectivity index (χ3v) is 13.5. The lowest BCUT2D eigenvalue weighted by atomic mass is 9.85. The molecule has 2 aliphatic carbocycles. The van der Waals surface area contributed by atoms with Crippen molar-refractivity contribution in [2.24, 2.45) is 0 Å². The predicted octanol–water partition coefficient (Wildman–Crippen LogP) is 16.4. The van der Waals surface area contributed by atoms with Gasteiger partial charge >= 0.3 is 0 Å². The zero-order chi connectivity index (χ0) is 37.6. The minimum Gasteiger partial charge on any atom is -0.0616 e. The summed E-state index contributed by atoms with van der Waals surface area (Å²) in [5.41, 5.74) is 15.7. The van der Waals surface area contributed by atoms with Gasteiger partial charge in [-0.1, -0.05) is 182 Å². The van der Waals surface area contributed by atoms with E-state index in [9.17, 15) is 0 Å².